The Labute approximate surface area is 188 Å². The maximum atomic E-state index is 12.6. The van der Waals surface area contributed by atoms with Crippen LogP contribution in [0.3, 0.4) is 0 Å². The standard InChI is InChI=1S/C19H15Cl3N2O3S2/c20-13-4-2-1-3-11(13)7-18(25)23-19-24(12-5-6-14(21)15(22)8-12)16-9-29(26,27)10-17(16)28-19/h1-6,8,16-17H,7,9-10H2/t16-,17-/m0/s1. The van der Waals surface area contributed by atoms with Gasteiger partial charge in [-0.25, -0.2) is 8.42 Å². The van der Waals surface area contributed by atoms with Crippen LogP contribution in [-0.4, -0.2) is 42.3 Å². The third kappa shape index (κ3) is 4.44. The molecular weight excluding hydrogens is 475 g/mol. The number of carbonyl (C=O) groups excluding carboxylic acids is 1. The second-order valence-electron chi connectivity index (χ2n) is 6.83. The summed E-state index contributed by atoms with van der Waals surface area (Å²) in [6.07, 6.45) is 0.0621. The van der Waals surface area contributed by atoms with Crippen molar-refractivity contribution in [2.45, 2.75) is 17.7 Å². The summed E-state index contributed by atoms with van der Waals surface area (Å²) < 4.78 is 24.3. The van der Waals surface area contributed by atoms with Gasteiger partial charge in [0, 0.05) is 16.0 Å². The minimum Gasteiger partial charge on any atom is -0.316 e. The van der Waals surface area contributed by atoms with Crippen LogP contribution in [0.25, 0.3) is 0 Å². The SMILES string of the molecule is O=C(Cc1ccccc1Cl)N=C1S[C@H]2CS(=O)(=O)C[C@@H]2N1c1ccc(Cl)c(Cl)c1. The fourth-order valence-electron chi connectivity index (χ4n) is 3.45. The molecule has 0 aromatic heterocycles. The number of aliphatic imine (C=N–C) groups is 1. The van der Waals surface area contributed by atoms with Gasteiger partial charge in [-0.15, -0.1) is 0 Å². The monoisotopic (exact) mass is 488 g/mol. The molecule has 0 radical (unpaired) electrons. The number of fused-ring (bicyclic) bond motifs is 1. The van der Waals surface area contributed by atoms with Crippen molar-refractivity contribution in [3.05, 3.63) is 63.1 Å². The lowest BCUT2D eigenvalue weighted by molar-refractivity contribution is -0.117. The predicted octanol–water partition coefficient (Wildman–Crippen LogP) is 4.49. The van der Waals surface area contributed by atoms with Crippen molar-refractivity contribution in [2.75, 3.05) is 16.4 Å². The summed E-state index contributed by atoms with van der Waals surface area (Å²) >= 11 is 19.6. The molecule has 0 spiro atoms. The van der Waals surface area contributed by atoms with Gasteiger partial charge in [0.05, 0.1) is 34.0 Å². The fraction of sp³-hybridized carbons (Fsp3) is 0.263. The summed E-state index contributed by atoms with van der Waals surface area (Å²) in [7, 11) is -3.15. The molecule has 2 atom stereocenters. The van der Waals surface area contributed by atoms with Crippen molar-refractivity contribution in [1.29, 1.82) is 0 Å². The maximum absolute atomic E-state index is 12.6. The molecule has 10 heteroatoms. The van der Waals surface area contributed by atoms with E-state index in [1.807, 2.05) is 6.07 Å². The smallest absolute Gasteiger partial charge is 0.252 e. The van der Waals surface area contributed by atoms with E-state index in [4.69, 9.17) is 34.8 Å². The first-order chi connectivity index (χ1) is 13.7. The maximum Gasteiger partial charge on any atom is 0.252 e. The number of hydrogen-bond donors (Lipinski definition) is 0. The lowest BCUT2D eigenvalue weighted by Gasteiger charge is -2.24. The van der Waals surface area contributed by atoms with E-state index in [2.05, 4.69) is 4.99 Å². The van der Waals surface area contributed by atoms with Gasteiger partial charge in [-0.05, 0) is 29.8 Å². The average molecular weight is 490 g/mol. The van der Waals surface area contributed by atoms with Gasteiger partial charge < -0.3 is 4.90 Å². The number of benzene rings is 2. The number of amidine groups is 1. The molecule has 0 aliphatic carbocycles. The van der Waals surface area contributed by atoms with Gasteiger partial charge in [0.1, 0.15) is 0 Å². The minimum atomic E-state index is -3.15. The minimum absolute atomic E-state index is 0.00262. The highest BCUT2D eigenvalue weighted by Crippen LogP contribution is 2.42. The Bertz CT molecular complexity index is 1120. The van der Waals surface area contributed by atoms with Crippen LogP contribution < -0.4 is 4.90 Å². The van der Waals surface area contributed by atoms with Crippen LogP contribution in [0.4, 0.5) is 5.69 Å². The van der Waals surface area contributed by atoms with Gasteiger partial charge in [0.2, 0.25) is 0 Å². The van der Waals surface area contributed by atoms with Crippen LogP contribution >= 0.6 is 46.6 Å². The molecule has 2 aromatic rings. The second kappa shape index (κ2) is 8.12. The second-order valence-corrected chi connectivity index (χ2v) is 11.4. The van der Waals surface area contributed by atoms with E-state index in [1.165, 1.54) is 11.8 Å². The number of halogens is 3. The zero-order chi connectivity index (χ0) is 20.8. The predicted molar refractivity (Wildman–Crippen MR) is 120 cm³/mol. The van der Waals surface area contributed by atoms with Crippen LogP contribution in [0.15, 0.2) is 47.5 Å². The Morgan fingerprint density at radius 2 is 1.83 bits per heavy atom. The quantitative estimate of drug-likeness (QED) is 0.635. The van der Waals surface area contributed by atoms with Crippen molar-refractivity contribution < 1.29 is 13.2 Å². The van der Waals surface area contributed by atoms with Crippen molar-refractivity contribution >= 4 is 73.2 Å². The molecule has 0 N–H and O–H groups in total. The Kier molecular flexibility index (Phi) is 5.88. The normalized spacial score (nSPS) is 24.1. The number of nitrogens with zero attached hydrogens (tertiary/aromatic N) is 2. The third-order valence-electron chi connectivity index (χ3n) is 4.77. The molecule has 0 saturated carbocycles. The number of anilines is 1. The van der Waals surface area contributed by atoms with E-state index < -0.39 is 9.84 Å². The highest BCUT2D eigenvalue weighted by molar-refractivity contribution is 8.16. The molecule has 152 valence electrons. The number of amides is 1. The van der Waals surface area contributed by atoms with Crippen LogP contribution in [0.1, 0.15) is 5.56 Å². The molecule has 2 aromatic carbocycles. The molecule has 4 rings (SSSR count). The summed E-state index contributed by atoms with van der Waals surface area (Å²) in [5.41, 5.74) is 1.34. The molecule has 2 heterocycles. The summed E-state index contributed by atoms with van der Waals surface area (Å²) in [5.74, 6) is -0.297. The van der Waals surface area contributed by atoms with Gasteiger partial charge in [-0.3, -0.25) is 4.79 Å². The van der Waals surface area contributed by atoms with Crippen LogP contribution in [0.2, 0.25) is 15.1 Å². The number of hydrogen-bond acceptors (Lipinski definition) is 4. The molecule has 29 heavy (non-hydrogen) atoms. The van der Waals surface area contributed by atoms with E-state index in [-0.39, 0.29) is 35.1 Å². The van der Waals surface area contributed by atoms with E-state index in [1.54, 1.807) is 41.3 Å². The molecule has 0 unspecified atom stereocenters. The Hall–Kier alpha value is -1.25. The highest BCUT2D eigenvalue weighted by Gasteiger charge is 2.49. The van der Waals surface area contributed by atoms with Gasteiger partial charge in [0.15, 0.2) is 15.0 Å². The Morgan fingerprint density at radius 3 is 2.55 bits per heavy atom. The number of rotatable bonds is 3. The number of carbonyl (C=O) groups is 1. The number of thioether (sulfide) groups is 1. The Morgan fingerprint density at radius 1 is 1.07 bits per heavy atom. The van der Waals surface area contributed by atoms with Crippen LogP contribution in [-0.2, 0) is 21.1 Å². The van der Waals surface area contributed by atoms with Crippen molar-refractivity contribution in [1.82, 2.24) is 0 Å². The first-order valence-corrected chi connectivity index (χ1v) is 12.5. The van der Waals surface area contributed by atoms with E-state index in [0.717, 1.165) is 0 Å². The zero-order valence-corrected chi connectivity index (χ0v) is 18.8. The first kappa shape index (κ1) is 21.0. The lowest BCUT2D eigenvalue weighted by atomic mass is 10.1. The zero-order valence-electron chi connectivity index (χ0n) is 14.9. The lowest BCUT2D eigenvalue weighted by Crippen LogP contribution is -2.37. The third-order valence-corrected chi connectivity index (χ3v) is 9.09. The summed E-state index contributed by atoms with van der Waals surface area (Å²) in [6, 6.07) is 11.8. The van der Waals surface area contributed by atoms with Gasteiger partial charge in [-0.1, -0.05) is 64.8 Å². The van der Waals surface area contributed by atoms with Crippen LogP contribution in [0, 0.1) is 0 Å². The highest BCUT2D eigenvalue weighted by atomic mass is 35.5. The van der Waals surface area contributed by atoms with E-state index >= 15 is 0 Å². The average Bonchev–Trinajstić information content (AvgIpc) is 3.10. The van der Waals surface area contributed by atoms with Crippen LogP contribution in [0.5, 0.6) is 0 Å². The van der Waals surface area contributed by atoms with Crippen molar-refractivity contribution in [3.8, 4) is 0 Å². The van der Waals surface area contributed by atoms with E-state index in [0.29, 0.717) is 31.5 Å². The first-order valence-electron chi connectivity index (χ1n) is 8.70. The summed E-state index contributed by atoms with van der Waals surface area (Å²) in [5, 5.41) is 1.52. The van der Waals surface area contributed by atoms with Gasteiger partial charge >= 0.3 is 0 Å². The largest absolute Gasteiger partial charge is 0.316 e. The molecule has 0 bridgehead atoms. The molecular formula is C19H15Cl3N2O3S2. The van der Waals surface area contributed by atoms with E-state index in [9.17, 15) is 13.2 Å². The molecule has 1 amide bonds. The number of sulfone groups is 1. The summed E-state index contributed by atoms with van der Waals surface area (Å²) in [4.78, 5) is 18.7. The molecule has 2 aliphatic heterocycles. The van der Waals surface area contributed by atoms with Crippen molar-refractivity contribution in [3.63, 3.8) is 0 Å². The Balaban J connectivity index is 1.67. The molecule has 2 fully saturated rings. The van der Waals surface area contributed by atoms with Gasteiger partial charge in [-0.2, -0.15) is 4.99 Å². The van der Waals surface area contributed by atoms with Crippen molar-refractivity contribution in [2.24, 2.45) is 4.99 Å². The van der Waals surface area contributed by atoms with Gasteiger partial charge in [0.25, 0.3) is 5.91 Å². The molecule has 2 saturated heterocycles. The molecule has 2 aliphatic rings. The summed E-state index contributed by atoms with van der Waals surface area (Å²) in [6.45, 7) is 0. The molecule has 5 nitrogen and oxygen atoms in total. The fourth-order valence-corrected chi connectivity index (χ4v) is 7.88. The topological polar surface area (TPSA) is 66.8 Å².